The van der Waals surface area contributed by atoms with Gasteiger partial charge in [-0.05, 0) is 13.0 Å². The van der Waals surface area contributed by atoms with Gasteiger partial charge in [-0.15, -0.1) is 0 Å². The number of rotatable bonds is 8. The standard InChI is InChI=1S/C14H30NO4Si.2Li/c1-12(15-13(16)19-14(2,3)4)10-18-11-17-8-9-20(5,6)7;;/h12H,1,8-11H2,2-7H3,(H,15,16);;/q;;+1/p-1/t12-;;/m0../s1. The van der Waals surface area contributed by atoms with Gasteiger partial charge in [-0.25, -0.2) is 0 Å². The van der Waals surface area contributed by atoms with E-state index in [1.54, 1.807) is 20.8 Å². The molecular weight excluding hydrogens is 288 g/mol. The van der Waals surface area contributed by atoms with E-state index in [1.165, 1.54) is 0 Å². The Morgan fingerprint density at radius 3 is 2.23 bits per heavy atom. The fourth-order valence-corrected chi connectivity index (χ4v) is 1.91. The molecule has 0 aliphatic rings. The van der Waals surface area contributed by atoms with E-state index in [-0.39, 0.29) is 51.1 Å². The molecule has 2 radical (unpaired) electrons. The van der Waals surface area contributed by atoms with E-state index < -0.39 is 25.8 Å². The monoisotopic (exact) mass is 317 g/mol. The molecule has 0 fully saturated rings. The molecule has 0 aliphatic heterocycles. The van der Waals surface area contributed by atoms with Crippen LogP contribution in [0, 0.1) is 6.92 Å². The predicted molar refractivity (Wildman–Crippen MR) is 88.1 cm³/mol. The first-order valence-electron chi connectivity index (χ1n) is 6.92. The predicted octanol–water partition coefficient (Wildman–Crippen LogP) is -1.33. The van der Waals surface area contributed by atoms with Gasteiger partial charge >= 0.3 is 18.9 Å². The fraction of sp³-hybridized carbons (Fsp3) is 0.857. The zero-order valence-corrected chi connectivity index (χ0v) is 16.7. The van der Waals surface area contributed by atoms with E-state index in [0.717, 1.165) is 6.04 Å². The molecule has 0 aromatic rings. The first kappa shape index (κ1) is 27.4. The van der Waals surface area contributed by atoms with E-state index in [2.05, 4.69) is 31.6 Å². The Bertz CT molecular complexity index is 304. The molecule has 5 nitrogen and oxygen atoms in total. The third-order valence-electron chi connectivity index (χ3n) is 2.15. The molecule has 8 heteroatoms. The van der Waals surface area contributed by atoms with Gasteiger partial charge in [0.15, 0.2) is 0 Å². The molecule has 0 heterocycles. The van der Waals surface area contributed by atoms with E-state index in [1.807, 2.05) is 0 Å². The number of nitrogens with zero attached hydrogens (tertiary/aromatic N) is 1. The van der Waals surface area contributed by atoms with Crippen molar-refractivity contribution in [3.05, 3.63) is 6.92 Å². The van der Waals surface area contributed by atoms with Crippen molar-refractivity contribution in [1.82, 2.24) is 0 Å². The molecule has 22 heavy (non-hydrogen) atoms. The first-order valence-corrected chi connectivity index (χ1v) is 10.6. The van der Waals surface area contributed by atoms with Gasteiger partial charge in [0.05, 0.1) is 12.6 Å². The van der Waals surface area contributed by atoms with Crippen molar-refractivity contribution in [3.63, 3.8) is 0 Å². The topological polar surface area (TPSA) is 63.1 Å². The molecule has 0 N–H and O–H groups in total. The van der Waals surface area contributed by atoms with Crippen LogP contribution in [0.25, 0.3) is 0 Å². The molecule has 0 aromatic carbocycles. The van der Waals surface area contributed by atoms with Crippen LogP contribution in [0.15, 0.2) is 4.99 Å². The van der Waals surface area contributed by atoms with Crippen LogP contribution in [0.3, 0.4) is 0 Å². The maximum atomic E-state index is 11.4. The van der Waals surface area contributed by atoms with Crippen LogP contribution in [0.5, 0.6) is 0 Å². The largest absolute Gasteiger partial charge is 1.00 e. The second kappa shape index (κ2) is 13.0. The summed E-state index contributed by atoms with van der Waals surface area (Å²) in [6, 6.07) is 0.623. The Morgan fingerprint density at radius 1 is 1.23 bits per heavy atom. The first-order chi connectivity index (χ1) is 8.99. The Morgan fingerprint density at radius 2 is 1.77 bits per heavy atom. The van der Waals surface area contributed by atoms with Crippen molar-refractivity contribution in [2.24, 2.45) is 4.99 Å². The van der Waals surface area contributed by atoms with Crippen molar-refractivity contribution in [3.8, 4) is 0 Å². The summed E-state index contributed by atoms with van der Waals surface area (Å²) < 4.78 is 15.7. The van der Waals surface area contributed by atoms with Crippen LogP contribution >= 0.6 is 0 Å². The minimum Gasteiger partial charge on any atom is -0.595 e. The molecule has 120 valence electrons. The Balaban J connectivity index is -0.00000180. The van der Waals surface area contributed by atoms with Crippen molar-refractivity contribution < 1.29 is 38.2 Å². The van der Waals surface area contributed by atoms with Crippen LogP contribution in [0.2, 0.25) is 25.7 Å². The minimum atomic E-state index is -1.06. The molecule has 0 aromatic heterocycles. The summed E-state index contributed by atoms with van der Waals surface area (Å²) in [6.45, 7) is 17.1. The second-order valence-corrected chi connectivity index (χ2v) is 12.6. The maximum absolute atomic E-state index is 11.4. The van der Waals surface area contributed by atoms with Gasteiger partial charge in [-0.1, -0.05) is 40.4 Å². The van der Waals surface area contributed by atoms with Gasteiger partial charge in [-0.3, -0.25) is 4.99 Å². The van der Waals surface area contributed by atoms with Gasteiger partial charge in [0.2, 0.25) is 0 Å². The average molecular weight is 317 g/mol. The van der Waals surface area contributed by atoms with Crippen molar-refractivity contribution in [1.29, 1.82) is 0 Å². The molecule has 0 aliphatic carbocycles. The van der Waals surface area contributed by atoms with Gasteiger partial charge in [0.1, 0.15) is 12.9 Å². The normalized spacial score (nSPS) is 13.9. The fourth-order valence-electron chi connectivity index (χ4n) is 1.15. The Hall–Kier alpha value is 0.602. The zero-order chi connectivity index (χ0) is 15.8. The second-order valence-electron chi connectivity index (χ2n) is 6.97. The van der Waals surface area contributed by atoms with Crippen LogP contribution < -0.4 is 24.0 Å². The van der Waals surface area contributed by atoms with Crippen LogP contribution in [0.1, 0.15) is 20.8 Å². The van der Waals surface area contributed by atoms with E-state index in [4.69, 9.17) is 14.2 Å². The maximum Gasteiger partial charge on any atom is 1.00 e. The molecule has 0 saturated carbocycles. The summed E-state index contributed by atoms with van der Waals surface area (Å²) in [5.41, 5.74) is -0.541. The van der Waals surface area contributed by atoms with Crippen LogP contribution in [-0.2, 0) is 14.2 Å². The van der Waals surface area contributed by atoms with Crippen LogP contribution in [0.4, 0.5) is 0 Å². The summed E-state index contributed by atoms with van der Waals surface area (Å²) in [5, 5.41) is 11.4. The summed E-state index contributed by atoms with van der Waals surface area (Å²) >= 11 is 0. The van der Waals surface area contributed by atoms with Crippen molar-refractivity contribution >= 4 is 33.0 Å². The molecule has 0 amide bonds. The van der Waals surface area contributed by atoms with Crippen molar-refractivity contribution in [2.45, 2.75) is 58.1 Å². The summed E-state index contributed by atoms with van der Waals surface area (Å²) in [5.74, 6) is 0. The summed E-state index contributed by atoms with van der Waals surface area (Å²) in [4.78, 5) is 3.77. The third kappa shape index (κ3) is 20.6. The minimum absolute atomic E-state index is 0. The molecule has 0 unspecified atom stereocenters. The van der Waals surface area contributed by atoms with Crippen molar-refractivity contribution in [2.75, 3.05) is 20.0 Å². The third-order valence-corrected chi connectivity index (χ3v) is 3.86. The number of aliphatic imine (C=N–C) groups is 1. The van der Waals surface area contributed by atoms with Crippen LogP contribution in [-0.4, -0.2) is 64.7 Å². The average Bonchev–Trinajstić information content (AvgIpc) is 2.18. The number of hydrogen-bond donors (Lipinski definition) is 0. The molecule has 0 bridgehead atoms. The smallest absolute Gasteiger partial charge is 0.595 e. The molecule has 0 rings (SSSR count). The van der Waals surface area contributed by atoms with Gasteiger partial charge < -0.3 is 19.3 Å². The van der Waals surface area contributed by atoms with Gasteiger partial charge in [-0.2, -0.15) is 0 Å². The van der Waals surface area contributed by atoms with E-state index in [0.29, 0.717) is 6.61 Å². The van der Waals surface area contributed by atoms with Gasteiger partial charge in [0.25, 0.3) is 0 Å². The van der Waals surface area contributed by atoms with Gasteiger partial charge in [0, 0.05) is 39.1 Å². The molecule has 1 atom stereocenters. The molecule has 0 spiro atoms. The SMILES string of the molecule is [CH2][C@@H](COCOCC[Si](C)(C)C)N=C([O-])OC(C)(C)C.[Li+].[Li]. The molecule has 0 saturated heterocycles. The quantitative estimate of drug-likeness (QED) is 0.183. The number of ether oxygens (including phenoxy) is 3. The Labute approximate surface area is 160 Å². The van der Waals surface area contributed by atoms with E-state index in [9.17, 15) is 5.11 Å². The number of hydrogen-bond acceptors (Lipinski definition) is 5. The zero-order valence-electron chi connectivity index (χ0n) is 15.7. The Kier molecular flexibility index (Phi) is 16.2. The van der Waals surface area contributed by atoms with E-state index >= 15 is 0 Å². The summed E-state index contributed by atoms with van der Waals surface area (Å²) in [6.07, 6.45) is -0.610. The summed E-state index contributed by atoms with van der Waals surface area (Å²) in [7, 11) is -1.06. The molecular formula is C14H29Li2NO4Si.